The van der Waals surface area contributed by atoms with Crippen LogP contribution in [0.2, 0.25) is 0 Å². The highest BCUT2D eigenvalue weighted by molar-refractivity contribution is 5.85. The summed E-state index contributed by atoms with van der Waals surface area (Å²) in [6, 6.07) is 9.97. The normalized spacial score (nSPS) is 9.70. The molecule has 6 heteroatoms. The van der Waals surface area contributed by atoms with Crippen molar-refractivity contribution < 1.29 is 9.13 Å². The molecule has 0 aliphatic carbocycles. The monoisotopic (exact) mass is 297 g/mol. The number of hydrogen-bond donors (Lipinski definition) is 3. The maximum atomic E-state index is 13.5. The van der Waals surface area contributed by atoms with Crippen molar-refractivity contribution in [1.29, 1.82) is 0 Å². The highest BCUT2D eigenvalue weighted by atomic mass is 35.5. The molecule has 4 nitrogen and oxygen atoms in total. The summed E-state index contributed by atoms with van der Waals surface area (Å²) in [5.74, 6) is -0.224. The largest absolute Gasteiger partial charge is 0.492 e. The fraction of sp³-hybridized carbons (Fsp3) is 0.143. The van der Waals surface area contributed by atoms with Crippen LogP contribution in [0.3, 0.4) is 0 Å². The topological polar surface area (TPSA) is 73.3 Å². The van der Waals surface area contributed by atoms with Gasteiger partial charge in [-0.1, -0.05) is 6.07 Å². The number of nitrogens with two attached hydrogens (primary N) is 2. The van der Waals surface area contributed by atoms with E-state index in [0.29, 0.717) is 23.6 Å². The minimum atomic E-state index is -0.409. The molecule has 0 aliphatic rings. The minimum Gasteiger partial charge on any atom is -0.492 e. The standard InChI is InChI=1S/C14H16FN3O.ClH/c1-19-14-11(15)3-2-4-13(14)18-8-9-7-10(16)5-6-12(9)17;/h2-7,18H,8,16-17H2,1H3;1H. The molecule has 0 bridgehead atoms. The third kappa shape index (κ3) is 3.45. The lowest BCUT2D eigenvalue weighted by Gasteiger charge is -2.13. The molecule has 0 aromatic heterocycles. The number of nitrogens with one attached hydrogen (secondary N) is 1. The van der Waals surface area contributed by atoms with Crippen molar-refractivity contribution in [3.05, 3.63) is 47.8 Å². The van der Waals surface area contributed by atoms with E-state index in [1.807, 2.05) is 0 Å². The first kappa shape index (κ1) is 15.9. The van der Waals surface area contributed by atoms with Gasteiger partial charge in [0.05, 0.1) is 12.8 Å². The Morgan fingerprint density at radius 3 is 2.65 bits per heavy atom. The summed E-state index contributed by atoms with van der Waals surface area (Å²) in [7, 11) is 1.43. The number of anilines is 3. The van der Waals surface area contributed by atoms with Gasteiger partial charge in [-0.25, -0.2) is 4.39 Å². The van der Waals surface area contributed by atoms with Crippen molar-refractivity contribution in [3.63, 3.8) is 0 Å². The van der Waals surface area contributed by atoms with Gasteiger partial charge in [-0.2, -0.15) is 0 Å². The molecule has 0 saturated heterocycles. The van der Waals surface area contributed by atoms with Crippen LogP contribution < -0.4 is 21.5 Å². The fourth-order valence-corrected chi connectivity index (χ4v) is 1.82. The Balaban J connectivity index is 0.00000200. The Morgan fingerprint density at radius 2 is 1.95 bits per heavy atom. The SMILES string of the molecule is COc1c(F)cccc1NCc1cc(N)ccc1N.Cl. The number of nitrogen functional groups attached to an aromatic ring is 2. The molecule has 20 heavy (non-hydrogen) atoms. The number of ether oxygens (including phenoxy) is 1. The zero-order valence-corrected chi connectivity index (χ0v) is 11.8. The van der Waals surface area contributed by atoms with E-state index in [9.17, 15) is 4.39 Å². The molecule has 5 N–H and O–H groups in total. The molecule has 0 heterocycles. The molecule has 0 aliphatic heterocycles. The van der Waals surface area contributed by atoms with Crippen LogP contribution in [0, 0.1) is 5.82 Å². The zero-order chi connectivity index (χ0) is 13.8. The molecule has 2 aromatic rings. The predicted octanol–water partition coefficient (Wildman–Crippen LogP) is 3.03. The summed E-state index contributed by atoms with van der Waals surface area (Å²) >= 11 is 0. The van der Waals surface area contributed by atoms with Gasteiger partial charge in [-0.05, 0) is 35.9 Å². The molecule has 2 rings (SSSR count). The smallest absolute Gasteiger partial charge is 0.177 e. The van der Waals surface area contributed by atoms with Gasteiger partial charge in [0.2, 0.25) is 0 Å². The van der Waals surface area contributed by atoms with E-state index >= 15 is 0 Å². The van der Waals surface area contributed by atoms with Crippen molar-refractivity contribution in [3.8, 4) is 5.75 Å². The molecule has 0 fully saturated rings. The molecule has 0 atom stereocenters. The van der Waals surface area contributed by atoms with E-state index in [2.05, 4.69) is 5.32 Å². The van der Waals surface area contributed by atoms with Gasteiger partial charge < -0.3 is 21.5 Å². The molecule has 0 spiro atoms. The number of benzene rings is 2. The van der Waals surface area contributed by atoms with Crippen LogP contribution in [-0.4, -0.2) is 7.11 Å². The maximum absolute atomic E-state index is 13.5. The van der Waals surface area contributed by atoms with Crippen LogP contribution >= 0.6 is 12.4 Å². The van der Waals surface area contributed by atoms with Gasteiger partial charge >= 0.3 is 0 Å². The second-order valence-corrected chi connectivity index (χ2v) is 4.13. The van der Waals surface area contributed by atoms with Gasteiger partial charge in [-0.15, -0.1) is 12.4 Å². The lowest BCUT2D eigenvalue weighted by molar-refractivity contribution is 0.388. The Kier molecular flexibility index (Phi) is 5.46. The number of rotatable bonds is 4. The highest BCUT2D eigenvalue weighted by Crippen LogP contribution is 2.28. The Bertz CT molecular complexity index is 593. The molecule has 0 saturated carbocycles. The van der Waals surface area contributed by atoms with Gasteiger partial charge in [0.15, 0.2) is 11.6 Å². The van der Waals surface area contributed by atoms with Gasteiger partial charge in [0.25, 0.3) is 0 Å². The zero-order valence-electron chi connectivity index (χ0n) is 11.0. The Labute approximate surface area is 123 Å². The highest BCUT2D eigenvalue weighted by Gasteiger charge is 2.08. The quantitative estimate of drug-likeness (QED) is 0.758. The van der Waals surface area contributed by atoms with Crippen LogP contribution in [0.15, 0.2) is 36.4 Å². The second-order valence-electron chi connectivity index (χ2n) is 4.13. The van der Waals surface area contributed by atoms with Gasteiger partial charge in [0, 0.05) is 17.9 Å². The summed E-state index contributed by atoms with van der Waals surface area (Å²) in [5.41, 5.74) is 14.3. The fourth-order valence-electron chi connectivity index (χ4n) is 1.82. The summed E-state index contributed by atoms with van der Waals surface area (Å²) in [4.78, 5) is 0. The average molecular weight is 298 g/mol. The van der Waals surface area contributed by atoms with Crippen molar-refractivity contribution in [2.24, 2.45) is 0 Å². The third-order valence-corrected chi connectivity index (χ3v) is 2.81. The Morgan fingerprint density at radius 1 is 1.20 bits per heavy atom. The number of para-hydroxylation sites is 1. The molecule has 2 aromatic carbocycles. The molecule has 0 unspecified atom stereocenters. The van der Waals surface area contributed by atoms with Crippen LogP contribution in [0.1, 0.15) is 5.56 Å². The predicted molar refractivity (Wildman–Crippen MR) is 82.8 cm³/mol. The van der Waals surface area contributed by atoms with E-state index in [1.54, 1.807) is 30.3 Å². The maximum Gasteiger partial charge on any atom is 0.177 e. The number of halogens is 2. The number of methoxy groups -OCH3 is 1. The van der Waals surface area contributed by atoms with Gasteiger partial charge in [-0.3, -0.25) is 0 Å². The van der Waals surface area contributed by atoms with Crippen LogP contribution in [0.4, 0.5) is 21.5 Å². The molecular formula is C14H17ClFN3O. The van der Waals surface area contributed by atoms with Crippen molar-refractivity contribution in [2.45, 2.75) is 6.54 Å². The summed E-state index contributed by atoms with van der Waals surface area (Å²) in [5, 5.41) is 3.09. The van der Waals surface area contributed by atoms with Crippen molar-refractivity contribution >= 4 is 29.5 Å². The third-order valence-electron chi connectivity index (χ3n) is 2.81. The van der Waals surface area contributed by atoms with E-state index in [4.69, 9.17) is 16.2 Å². The van der Waals surface area contributed by atoms with Gasteiger partial charge in [0.1, 0.15) is 0 Å². The van der Waals surface area contributed by atoms with Crippen LogP contribution in [0.25, 0.3) is 0 Å². The first-order valence-electron chi connectivity index (χ1n) is 5.82. The van der Waals surface area contributed by atoms with Crippen molar-refractivity contribution in [2.75, 3.05) is 23.9 Å². The van der Waals surface area contributed by atoms with E-state index in [1.165, 1.54) is 13.2 Å². The van der Waals surface area contributed by atoms with Crippen molar-refractivity contribution in [1.82, 2.24) is 0 Å². The van der Waals surface area contributed by atoms with E-state index < -0.39 is 5.82 Å². The average Bonchev–Trinajstić information content (AvgIpc) is 2.40. The van der Waals surface area contributed by atoms with E-state index in [0.717, 1.165) is 5.56 Å². The molecule has 0 amide bonds. The molecular weight excluding hydrogens is 281 g/mol. The number of hydrogen-bond acceptors (Lipinski definition) is 4. The second kappa shape index (κ2) is 6.86. The molecule has 0 radical (unpaired) electrons. The first-order chi connectivity index (χ1) is 9.11. The first-order valence-corrected chi connectivity index (χ1v) is 5.82. The Hall–Kier alpha value is -2.14. The van der Waals surface area contributed by atoms with Crippen LogP contribution in [0.5, 0.6) is 5.75 Å². The lowest BCUT2D eigenvalue weighted by Crippen LogP contribution is -2.05. The minimum absolute atomic E-state index is 0. The van der Waals surface area contributed by atoms with E-state index in [-0.39, 0.29) is 18.2 Å². The summed E-state index contributed by atoms with van der Waals surface area (Å²) in [6.45, 7) is 0.441. The van der Waals surface area contributed by atoms with Crippen LogP contribution in [-0.2, 0) is 6.54 Å². The summed E-state index contributed by atoms with van der Waals surface area (Å²) in [6.07, 6.45) is 0. The molecule has 108 valence electrons. The summed E-state index contributed by atoms with van der Waals surface area (Å²) < 4.78 is 18.5. The lowest BCUT2D eigenvalue weighted by atomic mass is 10.1.